The van der Waals surface area contributed by atoms with Gasteiger partial charge in [0.05, 0.1) is 5.69 Å². The quantitative estimate of drug-likeness (QED) is 0.873. The van der Waals surface area contributed by atoms with E-state index < -0.39 is 0 Å². The summed E-state index contributed by atoms with van der Waals surface area (Å²) >= 11 is 0. The Bertz CT molecular complexity index is 726. The van der Waals surface area contributed by atoms with Crippen LogP contribution in [-0.2, 0) is 12.8 Å². The molecule has 2 aliphatic carbocycles. The van der Waals surface area contributed by atoms with Crippen molar-refractivity contribution in [2.75, 3.05) is 7.05 Å². The minimum atomic E-state index is 0.0894. The molecular formula is C18H21N3O. The lowest BCUT2D eigenvalue weighted by Crippen LogP contribution is -2.29. The summed E-state index contributed by atoms with van der Waals surface area (Å²) in [5.74, 6) is 0.0894. The van der Waals surface area contributed by atoms with Crippen LogP contribution in [0.1, 0.15) is 46.6 Å². The maximum atomic E-state index is 12.7. The second-order valence-corrected chi connectivity index (χ2v) is 6.52. The van der Waals surface area contributed by atoms with Gasteiger partial charge in [-0.3, -0.25) is 4.79 Å². The van der Waals surface area contributed by atoms with E-state index in [0.29, 0.717) is 11.7 Å². The summed E-state index contributed by atoms with van der Waals surface area (Å²) in [6, 6.07) is 8.78. The van der Waals surface area contributed by atoms with E-state index in [-0.39, 0.29) is 5.91 Å². The first kappa shape index (κ1) is 13.6. The molecule has 0 aliphatic heterocycles. The van der Waals surface area contributed by atoms with E-state index in [4.69, 9.17) is 0 Å². The molecule has 0 bridgehead atoms. The molecule has 22 heavy (non-hydrogen) atoms. The van der Waals surface area contributed by atoms with Gasteiger partial charge in [-0.05, 0) is 51.2 Å². The molecule has 1 saturated carbocycles. The first-order valence-corrected chi connectivity index (χ1v) is 8.10. The highest BCUT2D eigenvalue weighted by Gasteiger charge is 2.34. The molecule has 1 fully saturated rings. The largest absolute Gasteiger partial charge is 0.337 e. The average molecular weight is 295 g/mol. The molecule has 114 valence electrons. The predicted octanol–water partition coefficient (Wildman–Crippen LogP) is 2.90. The van der Waals surface area contributed by atoms with Crippen LogP contribution in [0.2, 0.25) is 0 Å². The normalized spacial score (nSPS) is 16.6. The monoisotopic (exact) mass is 295 g/mol. The highest BCUT2D eigenvalue weighted by atomic mass is 16.2. The number of nitrogens with zero attached hydrogens (tertiary/aromatic N) is 3. The van der Waals surface area contributed by atoms with Crippen molar-refractivity contribution in [1.29, 1.82) is 0 Å². The van der Waals surface area contributed by atoms with Gasteiger partial charge in [-0.25, -0.2) is 4.68 Å². The number of carbonyl (C=O) groups is 1. The first-order chi connectivity index (χ1) is 10.6. The Labute approximate surface area is 130 Å². The second-order valence-electron chi connectivity index (χ2n) is 6.52. The molecule has 0 saturated heterocycles. The van der Waals surface area contributed by atoms with Gasteiger partial charge < -0.3 is 4.90 Å². The number of fused-ring (bicyclic) bond motifs is 1. The molecule has 0 unspecified atom stereocenters. The van der Waals surface area contributed by atoms with Crippen molar-refractivity contribution in [3.8, 4) is 5.69 Å². The third-order valence-corrected chi connectivity index (χ3v) is 4.83. The summed E-state index contributed by atoms with van der Waals surface area (Å²) in [4.78, 5) is 14.6. The fraction of sp³-hybridized carbons (Fsp3) is 0.444. The van der Waals surface area contributed by atoms with Crippen LogP contribution in [0.5, 0.6) is 0 Å². The summed E-state index contributed by atoms with van der Waals surface area (Å²) in [6.07, 6.45) is 5.36. The maximum Gasteiger partial charge on any atom is 0.274 e. The number of hydrogen-bond acceptors (Lipinski definition) is 2. The minimum absolute atomic E-state index is 0.0894. The Kier molecular flexibility index (Phi) is 3.06. The highest BCUT2D eigenvalue weighted by Crippen LogP contribution is 2.31. The third-order valence-electron chi connectivity index (χ3n) is 4.83. The van der Waals surface area contributed by atoms with E-state index in [2.05, 4.69) is 36.3 Å². The molecular weight excluding hydrogens is 274 g/mol. The molecule has 0 spiro atoms. The smallest absolute Gasteiger partial charge is 0.274 e. The van der Waals surface area contributed by atoms with E-state index in [0.717, 1.165) is 43.4 Å². The Morgan fingerprint density at radius 2 is 1.95 bits per heavy atom. The van der Waals surface area contributed by atoms with Crippen molar-refractivity contribution in [1.82, 2.24) is 14.7 Å². The Morgan fingerprint density at radius 3 is 2.64 bits per heavy atom. The van der Waals surface area contributed by atoms with Crippen LogP contribution in [0.25, 0.3) is 5.69 Å². The van der Waals surface area contributed by atoms with Gasteiger partial charge in [0.15, 0.2) is 5.69 Å². The summed E-state index contributed by atoms with van der Waals surface area (Å²) in [6.45, 7) is 2.08. The van der Waals surface area contributed by atoms with Crippen LogP contribution < -0.4 is 0 Å². The molecule has 4 rings (SSSR count). The molecule has 2 aromatic rings. The summed E-state index contributed by atoms with van der Waals surface area (Å²) in [5.41, 5.74) is 5.34. The molecule has 4 heteroatoms. The summed E-state index contributed by atoms with van der Waals surface area (Å²) in [5, 5.41) is 4.69. The van der Waals surface area contributed by atoms with Crippen molar-refractivity contribution < 1.29 is 4.79 Å². The Morgan fingerprint density at radius 1 is 1.23 bits per heavy atom. The van der Waals surface area contributed by atoms with Crippen molar-refractivity contribution in [3.63, 3.8) is 0 Å². The zero-order valence-corrected chi connectivity index (χ0v) is 13.2. The van der Waals surface area contributed by atoms with E-state index in [1.54, 1.807) is 0 Å². The van der Waals surface area contributed by atoms with E-state index in [9.17, 15) is 4.79 Å². The zero-order valence-electron chi connectivity index (χ0n) is 13.2. The molecule has 0 atom stereocenters. The van der Waals surface area contributed by atoms with Gasteiger partial charge in [-0.2, -0.15) is 5.10 Å². The molecule has 2 aliphatic rings. The number of carbonyl (C=O) groups excluding carboxylic acids is 1. The lowest BCUT2D eigenvalue weighted by molar-refractivity contribution is 0.0777. The number of aryl methyl sites for hydroxylation is 1. The first-order valence-electron chi connectivity index (χ1n) is 8.10. The molecule has 0 N–H and O–H groups in total. The Balaban J connectivity index is 1.76. The summed E-state index contributed by atoms with van der Waals surface area (Å²) < 4.78 is 1.98. The number of benzene rings is 1. The second kappa shape index (κ2) is 4.97. The number of hydrogen-bond donors (Lipinski definition) is 0. The van der Waals surface area contributed by atoms with Crippen LogP contribution in [-0.4, -0.2) is 33.7 Å². The number of aromatic nitrogens is 2. The van der Waals surface area contributed by atoms with Gasteiger partial charge in [0.2, 0.25) is 0 Å². The van der Waals surface area contributed by atoms with Crippen molar-refractivity contribution in [3.05, 3.63) is 46.8 Å². The highest BCUT2D eigenvalue weighted by molar-refractivity contribution is 5.94. The van der Waals surface area contributed by atoms with Gasteiger partial charge in [0, 0.05) is 24.3 Å². The van der Waals surface area contributed by atoms with Gasteiger partial charge in [0.25, 0.3) is 5.91 Å². The number of amides is 1. The van der Waals surface area contributed by atoms with Crippen molar-refractivity contribution in [2.45, 2.75) is 45.1 Å². The van der Waals surface area contributed by atoms with Crippen LogP contribution in [0.15, 0.2) is 24.3 Å². The van der Waals surface area contributed by atoms with Crippen LogP contribution in [0, 0.1) is 6.92 Å². The molecule has 4 nitrogen and oxygen atoms in total. The third kappa shape index (κ3) is 2.14. The molecule has 1 aromatic heterocycles. The van der Waals surface area contributed by atoms with E-state index in [1.165, 1.54) is 11.3 Å². The lowest BCUT2D eigenvalue weighted by Gasteiger charge is -2.15. The minimum Gasteiger partial charge on any atom is -0.337 e. The zero-order chi connectivity index (χ0) is 15.3. The maximum absolute atomic E-state index is 12.7. The van der Waals surface area contributed by atoms with Crippen LogP contribution >= 0.6 is 0 Å². The average Bonchev–Trinajstić information content (AvgIpc) is 3.15. The molecule has 1 heterocycles. The molecule has 0 radical (unpaired) electrons. The fourth-order valence-electron chi connectivity index (χ4n) is 3.30. The van der Waals surface area contributed by atoms with Crippen LogP contribution in [0.4, 0.5) is 0 Å². The Hall–Kier alpha value is -2.10. The van der Waals surface area contributed by atoms with Gasteiger partial charge in [-0.15, -0.1) is 0 Å². The predicted molar refractivity (Wildman–Crippen MR) is 85.4 cm³/mol. The van der Waals surface area contributed by atoms with Gasteiger partial charge in [-0.1, -0.05) is 17.7 Å². The SMILES string of the molecule is Cc1ccc(-n2nc(C(=O)N(C)C3CC3)c3c2CCC3)cc1. The van der Waals surface area contributed by atoms with E-state index in [1.807, 2.05) is 16.6 Å². The number of rotatable bonds is 3. The fourth-order valence-corrected chi connectivity index (χ4v) is 3.30. The van der Waals surface area contributed by atoms with Gasteiger partial charge >= 0.3 is 0 Å². The van der Waals surface area contributed by atoms with Crippen molar-refractivity contribution in [2.24, 2.45) is 0 Å². The lowest BCUT2D eigenvalue weighted by atomic mass is 10.2. The van der Waals surface area contributed by atoms with E-state index >= 15 is 0 Å². The topological polar surface area (TPSA) is 38.1 Å². The van der Waals surface area contributed by atoms with Gasteiger partial charge in [0.1, 0.15) is 0 Å². The molecule has 1 amide bonds. The summed E-state index contributed by atoms with van der Waals surface area (Å²) in [7, 11) is 1.91. The van der Waals surface area contributed by atoms with Crippen LogP contribution in [0.3, 0.4) is 0 Å². The molecule has 1 aromatic carbocycles. The van der Waals surface area contributed by atoms with Crippen molar-refractivity contribution >= 4 is 5.91 Å². The standard InChI is InChI=1S/C18H21N3O/c1-12-6-8-14(9-7-12)21-16-5-3-4-15(16)17(19-21)18(22)20(2)13-10-11-13/h6-9,13H,3-5,10-11H2,1-2H3.